The van der Waals surface area contributed by atoms with Crippen LogP contribution in [0, 0.1) is 48.9 Å². The van der Waals surface area contributed by atoms with Crippen LogP contribution in [0.1, 0.15) is 25.0 Å². The predicted molar refractivity (Wildman–Crippen MR) is 158 cm³/mol. The number of hydrogen-bond donors (Lipinski definition) is 0. The summed E-state index contributed by atoms with van der Waals surface area (Å²) in [5, 5.41) is 0. The lowest BCUT2D eigenvalue weighted by Crippen LogP contribution is -2.61. The molecule has 2 bridgehead atoms. The third-order valence-corrected chi connectivity index (χ3v) is 9.94. The minimum Gasteiger partial charge on any atom is -0.423 e. The lowest BCUT2D eigenvalue weighted by molar-refractivity contribution is -0.152. The fourth-order valence-electron chi connectivity index (χ4n) is 8.15. The molecule has 0 N–H and O–H groups in total. The zero-order valence-corrected chi connectivity index (χ0v) is 24.2. The highest BCUT2D eigenvalue weighted by Gasteiger charge is 2.77. The number of hydrogen-bond acceptors (Lipinski definition) is 6. The fourth-order valence-corrected chi connectivity index (χ4v) is 8.15. The van der Waals surface area contributed by atoms with E-state index in [-0.39, 0.29) is 5.57 Å². The topological polar surface area (TPSA) is 101 Å². The molecule has 2 aliphatic heterocycles. The number of carbonyl (C=O) groups excluding carboxylic acids is 5. The Morgan fingerprint density at radius 3 is 1.51 bits per heavy atom. The SMILES string of the molecule is CC1=C(C(=O)Oc2ccccc2)C2(C)[C@@H]3C(=O)N(c4ccc(C)cc4)C(=O)[C@@H]3C1[C@@H]1C(=O)N(c3ccc(C)cc3)C(=O)[C@H]12. The first-order chi connectivity index (χ1) is 20.6. The van der Waals surface area contributed by atoms with Crippen LogP contribution >= 0.6 is 0 Å². The molecule has 0 radical (unpaired) electrons. The second-order valence-corrected chi connectivity index (χ2v) is 12.3. The summed E-state index contributed by atoms with van der Waals surface area (Å²) in [6.07, 6.45) is 0. The summed E-state index contributed by atoms with van der Waals surface area (Å²) in [6.45, 7) is 7.25. The number of nitrogens with zero attached hydrogens (tertiary/aromatic N) is 2. The number of aryl methyl sites for hydroxylation is 2. The van der Waals surface area contributed by atoms with Gasteiger partial charge in [0.15, 0.2) is 0 Å². The zero-order chi connectivity index (χ0) is 30.4. The maximum atomic E-state index is 14.4. The summed E-state index contributed by atoms with van der Waals surface area (Å²) in [7, 11) is 0. The molecule has 3 aromatic carbocycles. The number of imide groups is 2. The van der Waals surface area contributed by atoms with Crippen molar-refractivity contribution in [2.75, 3.05) is 9.80 Å². The molecule has 2 unspecified atom stereocenters. The Kier molecular flexibility index (Phi) is 5.86. The number of benzene rings is 3. The Morgan fingerprint density at radius 2 is 1.07 bits per heavy atom. The van der Waals surface area contributed by atoms with Gasteiger partial charge in [0, 0.05) is 16.9 Å². The predicted octanol–water partition coefficient (Wildman–Crippen LogP) is 4.79. The van der Waals surface area contributed by atoms with Crippen molar-refractivity contribution in [3.8, 4) is 5.75 Å². The maximum Gasteiger partial charge on any atom is 0.339 e. The maximum absolute atomic E-state index is 14.4. The average molecular weight is 575 g/mol. The van der Waals surface area contributed by atoms with Gasteiger partial charge in [0.05, 0.1) is 35.0 Å². The average Bonchev–Trinajstić information content (AvgIpc) is 3.41. The Hall–Kier alpha value is -4.85. The van der Waals surface area contributed by atoms with Gasteiger partial charge in [0.1, 0.15) is 5.75 Å². The molecule has 3 fully saturated rings. The first kappa shape index (κ1) is 27.0. The number of carbonyl (C=O) groups is 5. The summed E-state index contributed by atoms with van der Waals surface area (Å²) in [5.41, 5.74) is 2.03. The third-order valence-electron chi connectivity index (χ3n) is 9.94. The van der Waals surface area contributed by atoms with Gasteiger partial charge in [-0.2, -0.15) is 0 Å². The molecule has 4 amide bonds. The summed E-state index contributed by atoms with van der Waals surface area (Å²) < 4.78 is 5.80. The van der Waals surface area contributed by atoms with Gasteiger partial charge in [-0.25, -0.2) is 4.79 Å². The van der Waals surface area contributed by atoms with Gasteiger partial charge >= 0.3 is 5.97 Å². The standard InChI is InChI=1S/C35H30N2O6/c1-18-10-14-21(15-11-18)36-30(38)25-24-20(3)27(34(42)43-23-8-6-5-7-9-23)35(4,28(25)32(36)40)29-26(24)31(39)37(33(29)41)22-16-12-19(2)13-17-22/h5-17,24-26,28-29H,1-4H3/t24?,25-,26+,28-,29-,35?/m0/s1. The van der Waals surface area contributed by atoms with Gasteiger partial charge in [0.25, 0.3) is 0 Å². The number of anilines is 2. The molecule has 216 valence electrons. The normalized spacial score (nSPS) is 29.3. The Morgan fingerprint density at radius 1 is 0.628 bits per heavy atom. The number of esters is 1. The molecule has 8 nitrogen and oxygen atoms in total. The Balaban J connectivity index is 1.40. The lowest BCUT2D eigenvalue weighted by Gasteiger charge is -2.55. The number of ether oxygens (including phenoxy) is 1. The van der Waals surface area contributed by atoms with Crippen LogP contribution in [-0.4, -0.2) is 29.6 Å². The van der Waals surface area contributed by atoms with Crippen LogP contribution in [0.3, 0.4) is 0 Å². The third kappa shape index (κ3) is 3.59. The van der Waals surface area contributed by atoms with Crippen LogP contribution < -0.4 is 14.5 Å². The van der Waals surface area contributed by atoms with Crippen molar-refractivity contribution in [1.82, 2.24) is 0 Å². The Bertz CT molecular complexity index is 1670. The second-order valence-electron chi connectivity index (χ2n) is 12.3. The van der Waals surface area contributed by atoms with E-state index in [0.29, 0.717) is 22.7 Å². The van der Waals surface area contributed by atoms with Crippen LogP contribution in [0.25, 0.3) is 0 Å². The first-order valence-electron chi connectivity index (χ1n) is 14.4. The molecule has 0 aromatic heterocycles. The minimum absolute atomic E-state index is 0.197. The van der Waals surface area contributed by atoms with Crippen molar-refractivity contribution < 1.29 is 28.7 Å². The largest absolute Gasteiger partial charge is 0.423 e. The van der Waals surface area contributed by atoms with Crippen LogP contribution in [0.5, 0.6) is 5.75 Å². The van der Waals surface area contributed by atoms with Gasteiger partial charge in [-0.1, -0.05) is 66.1 Å². The molecular formula is C35H30N2O6. The molecule has 3 aromatic rings. The van der Waals surface area contributed by atoms with Gasteiger partial charge in [-0.05, 0) is 57.2 Å². The number of para-hydroxylation sites is 1. The van der Waals surface area contributed by atoms with E-state index in [1.165, 1.54) is 9.80 Å². The molecule has 3 aliphatic carbocycles. The lowest BCUT2D eigenvalue weighted by atomic mass is 9.43. The first-order valence-corrected chi connectivity index (χ1v) is 14.4. The van der Waals surface area contributed by atoms with Crippen molar-refractivity contribution in [2.24, 2.45) is 35.0 Å². The molecule has 8 rings (SSSR count). The van der Waals surface area contributed by atoms with Crippen molar-refractivity contribution in [3.05, 3.63) is 101 Å². The van der Waals surface area contributed by atoms with Crippen LogP contribution in [-0.2, 0) is 24.0 Å². The number of amides is 4. The van der Waals surface area contributed by atoms with Crippen LogP contribution in [0.15, 0.2) is 90.0 Å². The number of allylic oxidation sites excluding steroid dienone is 1. The van der Waals surface area contributed by atoms with Crippen molar-refractivity contribution >= 4 is 41.0 Å². The van der Waals surface area contributed by atoms with Gasteiger partial charge in [-0.15, -0.1) is 0 Å². The van der Waals surface area contributed by atoms with Crippen molar-refractivity contribution in [1.29, 1.82) is 0 Å². The zero-order valence-electron chi connectivity index (χ0n) is 24.2. The summed E-state index contributed by atoms with van der Waals surface area (Å²) >= 11 is 0. The summed E-state index contributed by atoms with van der Waals surface area (Å²) in [6, 6.07) is 22.7. The summed E-state index contributed by atoms with van der Waals surface area (Å²) in [4.78, 5) is 73.5. The van der Waals surface area contributed by atoms with Crippen molar-refractivity contribution in [3.63, 3.8) is 0 Å². The Labute approximate surface area is 248 Å². The van der Waals surface area contributed by atoms with E-state index in [1.807, 2.05) is 38.1 Å². The van der Waals surface area contributed by atoms with E-state index in [4.69, 9.17) is 4.74 Å². The second kappa shape index (κ2) is 9.33. The minimum atomic E-state index is -1.47. The van der Waals surface area contributed by atoms with Crippen LogP contribution in [0.2, 0.25) is 0 Å². The van der Waals surface area contributed by atoms with E-state index in [1.54, 1.807) is 68.4 Å². The molecule has 2 saturated heterocycles. The van der Waals surface area contributed by atoms with E-state index in [9.17, 15) is 24.0 Å². The van der Waals surface area contributed by atoms with E-state index < -0.39 is 64.6 Å². The van der Waals surface area contributed by atoms with Gasteiger partial charge in [-0.3, -0.25) is 29.0 Å². The monoisotopic (exact) mass is 574 g/mol. The smallest absolute Gasteiger partial charge is 0.339 e. The fraction of sp³-hybridized carbons (Fsp3) is 0.286. The van der Waals surface area contributed by atoms with Gasteiger partial charge < -0.3 is 4.74 Å². The number of rotatable bonds is 4. The molecule has 6 atom stereocenters. The molecule has 0 spiro atoms. The van der Waals surface area contributed by atoms with E-state index in [2.05, 4.69) is 0 Å². The summed E-state index contributed by atoms with van der Waals surface area (Å²) in [5.74, 6) is -6.83. The molecule has 2 heterocycles. The van der Waals surface area contributed by atoms with Gasteiger partial charge in [0.2, 0.25) is 23.6 Å². The van der Waals surface area contributed by atoms with E-state index >= 15 is 0 Å². The molecule has 5 aliphatic rings. The van der Waals surface area contributed by atoms with Crippen LogP contribution in [0.4, 0.5) is 11.4 Å². The molecule has 8 heteroatoms. The highest BCUT2D eigenvalue weighted by Crippen LogP contribution is 2.68. The van der Waals surface area contributed by atoms with E-state index in [0.717, 1.165) is 11.1 Å². The molecule has 43 heavy (non-hydrogen) atoms. The molecular weight excluding hydrogens is 544 g/mol. The highest BCUT2D eigenvalue weighted by atomic mass is 16.5. The van der Waals surface area contributed by atoms with Crippen molar-refractivity contribution in [2.45, 2.75) is 27.7 Å². The molecule has 1 saturated carbocycles. The highest BCUT2D eigenvalue weighted by molar-refractivity contribution is 6.27. The quantitative estimate of drug-likeness (QED) is 0.252.